The summed E-state index contributed by atoms with van der Waals surface area (Å²) in [5.74, 6) is 0.578. The predicted molar refractivity (Wildman–Crippen MR) is 136 cm³/mol. The summed E-state index contributed by atoms with van der Waals surface area (Å²) >= 11 is 12.8. The van der Waals surface area contributed by atoms with Crippen LogP contribution in [-0.2, 0) is 23.7 Å². The van der Waals surface area contributed by atoms with Gasteiger partial charge in [0.15, 0.2) is 0 Å². The van der Waals surface area contributed by atoms with E-state index in [9.17, 15) is 10.2 Å². The quantitative estimate of drug-likeness (QED) is 0.403. The number of halogens is 2. The summed E-state index contributed by atoms with van der Waals surface area (Å²) in [5, 5.41) is 23.2. The van der Waals surface area contributed by atoms with Crippen LogP contribution in [0.5, 0.6) is 11.5 Å². The molecule has 3 aromatic carbocycles. The Morgan fingerprint density at radius 1 is 0.594 bits per heavy atom. The Balaban J connectivity index is 2.03. The van der Waals surface area contributed by atoms with E-state index < -0.39 is 0 Å². The van der Waals surface area contributed by atoms with Crippen molar-refractivity contribution in [1.82, 2.24) is 0 Å². The molecule has 0 saturated carbocycles. The maximum Gasteiger partial charge on any atom is 0.122 e. The molecule has 3 rings (SSSR count). The summed E-state index contributed by atoms with van der Waals surface area (Å²) in [4.78, 5) is 0. The molecule has 0 aliphatic heterocycles. The van der Waals surface area contributed by atoms with Gasteiger partial charge in [0.05, 0.1) is 0 Å². The van der Waals surface area contributed by atoms with Gasteiger partial charge in [-0.1, -0.05) is 89.0 Å². The van der Waals surface area contributed by atoms with Gasteiger partial charge < -0.3 is 10.2 Å². The Morgan fingerprint density at radius 2 is 0.938 bits per heavy atom. The average molecular weight is 471 g/mol. The maximum atomic E-state index is 11.0. The lowest BCUT2D eigenvalue weighted by atomic mass is 9.83. The first-order valence-electron chi connectivity index (χ1n) is 10.9. The molecule has 0 aliphatic carbocycles. The fourth-order valence-corrected chi connectivity index (χ4v) is 4.52. The van der Waals surface area contributed by atoms with Crippen molar-refractivity contribution in [2.45, 2.75) is 65.2 Å². The van der Waals surface area contributed by atoms with Crippen molar-refractivity contribution in [1.29, 1.82) is 0 Å². The molecule has 0 radical (unpaired) electrons. The summed E-state index contributed by atoms with van der Waals surface area (Å²) in [5.41, 5.74) is 4.95. The van der Waals surface area contributed by atoms with Crippen LogP contribution in [0.3, 0.4) is 0 Å². The molecule has 2 N–H and O–H groups in total. The van der Waals surface area contributed by atoms with E-state index in [1.165, 1.54) is 0 Å². The van der Waals surface area contributed by atoms with Crippen molar-refractivity contribution in [2.75, 3.05) is 0 Å². The zero-order chi connectivity index (χ0) is 23.8. The van der Waals surface area contributed by atoms with Crippen molar-refractivity contribution in [3.8, 4) is 11.5 Å². The van der Waals surface area contributed by atoms with Crippen LogP contribution >= 0.6 is 23.2 Å². The second-order valence-corrected chi connectivity index (χ2v) is 11.4. The topological polar surface area (TPSA) is 40.5 Å². The third-order valence-electron chi connectivity index (χ3n) is 5.80. The highest BCUT2D eigenvalue weighted by Crippen LogP contribution is 2.39. The number of phenols is 2. The van der Waals surface area contributed by atoms with Crippen LogP contribution in [0.2, 0.25) is 10.0 Å². The van der Waals surface area contributed by atoms with E-state index in [-0.39, 0.29) is 22.3 Å². The molecule has 0 heterocycles. The number of benzene rings is 3. The van der Waals surface area contributed by atoms with Gasteiger partial charge >= 0.3 is 0 Å². The summed E-state index contributed by atoms with van der Waals surface area (Å²) in [6, 6.07) is 15.4. The molecular weight excluding hydrogens is 439 g/mol. The van der Waals surface area contributed by atoms with Gasteiger partial charge in [-0.25, -0.2) is 0 Å². The van der Waals surface area contributed by atoms with Crippen molar-refractivity contribution in [3.63, 3.8) is 0 Å². The fourth-order valence-electron chi connectivity index (χ4n) is 4.04. The zero-order valence-corrected chi connectivity index (χ0v) is 21.2. The molecule has 0 aliphatic rings. The predicted octanol–water partition coefficient (Wildman–Crippen LogP) is 8.18. The van der Waals surface area contributed by atoms with Crippen molar-refractivity contribution >= 4 is 23.2 Å². The minimum Gasteiger partial charge on any atom is -0.507 e. The number of phenolic OH excluding ortho intramolecular Hbond substituents is 2. The molecule has 0 unspecified atom stereocenters. The molecule has 32 heavy (non-hydrogen) atoms. The Bertz CT molecular complexity index is 1040. The molecule has 0 amide bonds. The lowest BCUT2D eigenvalue weighted by molar-refractivity contribution is 0.440. The van der Waals surface area contributed by atoms with Crippen molar-refractivity contribution < 1.29 is 10.2 Å². The lowest BCUT2D eigenvalue weighted by Crippen LogP contribution is -2.13. The first-order chi connectivity index (χ1) is 14.8. The van der Waals surface area contributed by atoms with Crippen molar-refractivity contribution in [2.24, 2.45) is 0 Å². The standard InChI is InChI=1S/C28H32Cl2O2/c1-27(2,3)23-15-21(29)13-19(25(23)31)11-17-9-7-8-10-18(17)12-20-14-22(30)16-24(26(20)32)28(4,5)6/h7-10,13-16,31-32H,11-12H2,1-6H3. The smallest absolute Gasteiger partial charge is 0.122 e. The van der Waals surface area contributed by atoms with E-state index in [1.807, 2.05) is 36.4 Å². The van der Waals surface area contributed by atoms with Crippen molar-refractivity contribution in [3.05, 3.63) is 92.0 Å². The van der Waals surface area contributed by atoms with Gasteiger partial charge in [0, 0.05) is 45.1 Å². The van der Waals surface area contributed by atoms with E-state index in [0.29, 0.717) is 22.9 Å². The third-order valence-corrected chi connectivity index (χ3v) is 6.24. The molecule has 0 spiro atoms. The highest BCUT2D eigenvalue weighted by molar-refractivity contribution is 6.31. The van der Waals surface area contributed by atoms with E-state index in [1.54, 1.807) is 0 Å². The first kappa shape index (κ1) is 24.5. The van der Waals surface area contributed by atoms with Crippen LogP contribution in [0.4, 0.5) is 0 Å². The minimum absolute atomic E-state index is 0.223. The van der Waals surface area contributed by atoms with Gasteiger partial charge in [0.1, 0.15) is 11.5 Å². The summed E-state index contributed by atoms with van der Waals surface area (Å²) in [6.07, 6.45) is 1.08. The molecular formula is C28H32Cl2O2. The third kappa shape index (κ3) is 5.42. The summed E-state index contributed by atoms with van der Waals surface area (Å²) < 4.78 is 0. The summed E-state index contributed by atoms with van der Waals surface area (Å²) in [6.45, 7) is 12.4. The lowest BCUT2D eigenvalue weighted by Gasteiger charge is -2.23. The second kappa shape index (κ2) is 9.00. The molecule has 2 nitrogen and oxygen atoms in total. The number of rotatable bonds is 4. The van der Waals surface area contributed by atoms with E-state index in [0.717, 1.165) is 33.4 Å². The highest BCUT2D eigenvalue weighted by atomic mass is 35.5. The maximum absolute atomic E-state index is 11.0. The van der Waals surface area contributed by atoms with E-state index in [4.69, 9.17) is 23.2 Å². The van der Waals surface area contributed by atoms with Gasteiger partial charge in [0.2, 0.25) is 0 Å². The molecule has 0 saturated heterocycles. The first-order valence-corrected chi connectivity index (χ1v) is 11.6. The number of hydrogen-bond donors (Lipinski definition) is 2. The van der Waals surface area contributed by atoms with Crippen LogP contribution < -0.4 is 0 Å². The Hall–Kier alpha value is -2.16. The van der Waals surface area contributed by atoms with Crippen LogP contribution in [0.25, 0.3) is 0 Å². The average Bonchev–Trinajstić information content (AvgIpc) is 2.66. The zero-order valence-electron chi connectivity index (χ0n) is 19.7. The Labute approximate surface area is 201 Å². The van der Waals surface area contributed by atoms with E-state index >= 15 is 0 Å². The molecule has 4 heteroatoms. The van der Waals surface area contributed by atoms with Crippen LogP contribution in [0, 0.1) is 0 Å². The normalized spacial score (nSPS) is 12.2. The molecule has 0 atom stereocenters. The van der Waals surface area contributed by atoms with Gasteiger partial charge in [-0.15, -0.1) is 0 Å². The van der Waals surface area contributed by atoms with Gasteiger partial charge in [0.25, 0.3) is 0 Å². The summed E-state index contributed by atoms with van der Waals surface area (Å²) in [7, 11) is 0. The monoisotopic (exact) mass is 470 g/mol. The Kier molecular flexibility index (Phi) is 6.88. The fraction of sp³-hybridized carbons (Fsp3) is 0.357. The van der Waals surface area contributed by atoms with Crippen LogP contribution in [-0.4, -0.2) is 10.2 Å². The van der Waals surface area contributed by atoms with Gasteiger partial charge in [-0.3, -0.25) is 0 Å². The second-order valence-electron chi connectivity index (χ2n) is 10.5. The van der Waals surface area contributed by atoms with Gasteiger partial charge in [-0.05, 0) is 46.2 Å². The molecule has 0 fully saturated rings. The molecule has 0 bridgehead atoms. The van der Waals surface area contributed by atoms with Gasteiger partial charge in [-0.2, -0.15) is 0 Å². The van der Waals surface area contributed by atoms with Crippen LogP contribution in [0.15, 0.2) is 48.5 Å². The highest BCUT2D eigenvalue weighted by Gasteiger charge is 2.23. The number of hydrogen-bond acceptors (Lipinski definition) is 2. The van der Waals surface area contributed by atoms with Crippen LogP contribution in [0.1, 0.15) is 74.9 Å². The van der Waals surface area contributed by atoms with E-state index in [2.05, 4.69) is 53.7 Å². The minimum atomic E-state index is -0.223. The SMILES string of the molecule is CC(C)(C)c1cc(Cl)cc(Cc2ccccc2Cc2cc(Cl)cc(C(C)(C)C)c2O)c1O. The molecule has 3 aromatic rings. The largest absolute Gasteiger partial charge is 0.507 e. The molecule has 0 aromatic heterocycles. The molecule has 170 valence electrons. The Morgan fingerprint density at radius 3 is 1.25 bits per heavy atom. The number of aromatic hydroxyl groups is 2.